The van der Waals surface area contributed by atoms with Crippen molar-refractivity contribution in [2.24, 2.45) is 0 Å². The van der Waals surface area contributed by atoms with Crippen molar-refractivity contribution in [1.82, 2.24) is 4.57 Å². The molecule has 0 saturated carbocycles. The van der Waals surface area contributed by atoms with Crippen molar-refractivity contribution < 1.29 is 0 Å². The van der Waals surface area contributed by atoms with Gasteiger partial charge in [0.15, 0.2) is 0 Å². The quantitative estimate of drug-likeness (QED) is 0.155. The van der Waals surface area contributed by atoms with Gasteiger partial charge in [0.25, 0.3) is 0 Å². The Labute approximate surface area is 391 Å². The van der Waals surface area contributed by atoms with Crippen LogP contribution in [0.2, 0.25) is 0 Å². The van der Waals surface area contributed by atoms with Gasteiger partial charge in [0.05, 0.1) is 5.52 Å². The normalized spacial score (nSPS) is 11.8. The van der Waals surface area contributed by atoms with Gasteiger partial charge in [-0.05, 0) is 143 Å². The van der Waals surface area contributed by atoms with Crippen LogP contribution >= 0.6 is 22.7 Å². The third kappa shape index (κ3) is 6.36. The van der Waals surface area contributed by atoms with Crippen LogP contribution in [0, 0.1) is 13.8 Å². The van der Waals surface area contributed by atoms with Crippen molar-refractivity contribution in [2.45, 2.75) is 13.8 Å². The second-order valence-corrected chi connectivity index (χ2v) is 19.5. The fraction of sp³-hybridized carbons (Fsp3) is 0.0323. The van der Waals surface area contributed by atoms with E-state index in [1.165, 1.54) is 112 Å². The largest absolute Gasteiger partial charge is 0.313 e. The number of nitrogens with zero attached hydrogens (tertiary/aromatic N) is 2. The van der Waals surface area contributed by atoms with Crippen molar-refractivity contribution in [3.8, 4) is 39.1 Å². The molecule has 0 fully saturated rings. The zero-order valence-electron chi connectivity index (χ0n) is 36.5. The average Bonchev–Trinajstić information content (AvgIpc) is 4.03. The van der Waals surface area contributed by atoms with Crippen LogP contribution in [0.25, 0.3) is 101 Å². The molecular formula is C62H42N2S2. The number of thiophene rings is 2. The van der Waals surface area contributed by atoms with E-state index in [1.54, 1.807) is 0 Å². The van der Waals surface area contributed by atoms with Crippen molar-refractivity contribution in [3.05, 3.63) is 230 Å². The Morgan fingerprint density at radius 2 is 0.742 bits per heavy atom. The second kappa shape index (κ2) is 15.5. The van der Waals surface area contributed by atoms with Crippen LogP contribution in [0.1, 0.15) is 11.3 Å². The van der Waals surface area contributed by atoms with Crippen LogP contribution in [0.3, 0.4) is 0 Å². The fourth-order valence-corrected chi connectivity index (χ4v) is 12.3. The van der Waals surface area contributed by atoms with Crippen molar-refractivity contribution >= 4 is 102 Å². The van der Waals surface area contributed by atoms with E-state index in [1.807, 2.05) is 22.7 Å². The molecule has 13 rings (SSSR count). The van der Waals surface area contributed by atoms with Gasteiger partial charge in [-0.25, -0.2) is 0 Å². The minimum absolute atomic E-state index is 1.10. The molecule has 10 aromatic carbocycles. The van der Waals surface area contributed by atoms with Gasteiger partial charge in [-0.2, -0.15) is 0 Å². The molecule has 2 nitrogen and oxygen atoms in total. The first-order valence-electron chi connectivity index (χ1n) is 22.6. The molecular weight excluding hydrogens is 837 g/mol. The summed E-state index contributed by atoms with van der Waals surface area (Å²) < 4.78 is 7.73. The summed E-state index contributed by atoms with van der Waals surface area (Å²) in [5.74, 6) is 0. The molecule has 0 spiro atoms. The van der Waals surface area contributed by atoms with Crippen LogP contribution in [-0.2, 0) is 0 Å². The Balaban J connectivity index is 0.855. The molecule has 4 heteroatoms. The number of fused-ring (bicyclic) bond motifs is 9. The first-order valence-corrected chi connectivity index (χ1v) is 24.2. The Kier molecular flexibility index (Phi) is 9.06. The van der Waals surface area contributed by atoms with Gasteiger partial charge >= 0.3 is 0 Å². The molecule has 13 aromatic rings. The molecule has 3 aromatic heterocycles. The SMILES string of the molecule is Cc1c(C)n(-c2ccc(-c3ccc(N(c4ccc(-c5ccc6sc7ccccc7c6c5)cc4)c4ccc(-c5ccc6sc7ccccc7c6c5)cc4)cc3)cc2)c2c1ccc1ccccc12. The summed E-state index contributed by atoms with van der Waals surface area (Å²) in [6.07, 6.45) is 0. The van der Waals surface area contributed by atoms with Gasteiger partial charge in [0.2, 0.25) is 0 Å². The van der Waals surface area contributed by atoms with E-state index in [0.717, 1.165) is 17.1 Å². The predicted molar refractivity (Wildman–Crippen MR) is 287 cm³/mol. The lowest BCUT2D eigenvalue weighted by atomic mass is 10.0. The van der Waals surface area contributed by atoms with Gasteiger partial charge in [-0.1, -0.05) is 133 Å². The molecule has 0 saturated heterocycles. The molecule has 0 radical (unpaired) electrons. The van der Waals surface area contributed by atoms with E-state index >= 15 is 0 Å². The number of aromatic nitrogens is 1. The zero-order valence-corrected chi connectivity index (χ0v) is 38.1. The summed E-state index contributed by atoms with van der Waals surface area (Å²) in [7, 11) is 0. The Hall–Kier alpha value is -7.76. The first kappa shape index (κ1) is 38.7. The Morgan fingerprint density at radius 1 is 0.333 bits per heavy atom. The first-order chi connectivity index (χ1) is 32.5. The standard InChI is InChI=1S/C62H42N2S2/c1-39-40(2)63(62-52(39)34-23-45-9-3-4-10-53(45)62)48-26-15-41(16-27-48)42-17-28-49(29-18-42)64(50-30-19-43(20-31-50)46-24-35-60-56(37-46)54-11-5-7-13-58(54)65-60)51-32-21-44(22-33-51)47-25-36-61-57(38-47)55-12-6-8-14-59(55)66-61/h3-38H,1-2H3. The van der Waals surface area contributed by atoms with E-state index in [9.17, 15) is 0 Å². The van der Waals surface area contributed by atoms with Crippen LogP contribution in [0.15, 0.2) is 218 Å². The van der Waals surface area contributed by atoms with E-state index in [4.69, 9.17) is 0 Å². The van der Waals surface area contributed by atoms with E-state index in [2.05, 4.69) is 242 Å². The topological polar surface area (TPSA) is 8.17 Å². The maximum Gasteiger partial charge on any atom is 0.0612 e. The lowest BCUT2D eigenvalue weighted by Gasteiger charge is -2.26. The zero-order chi connectivity index (χ0) is 43.9. The molecule has 66 heavy (non-hydrogen) atoms. The summed E-state index contributed by atoms with van der Waals surface area (Å²) >= 11 is 3.72. The molecule has 0 aliphatic heterocycles. The van der Waals surface area contributed by atoms with Crippen LogP contribution < -0.4 is 4.90 Å². The van der Waals surface area contributed by atoms with Gasteiger partial charge in [-0.15, -0.1) is 22.7 Å². The van der Waals surface area contributed by atoms with E-state index < -0.39 is 0 Å². The number of aryl methyl sites for hydroxylation is 1. The summed E-state index contributed by atoms with van der Waals surface area (Å²) in [6.45, 7) is 4.48. The molecule has 312 valence electrons. The summed E-state index contributed by atoms with van der Waals surface area (Å²) in [6, 6.07) is 80.7. The summed E-state index contributed by atoms with van der Waals surface area (Å²) in [5.41, 5.74) is 15.6. The minimum Gasteiger partial charge on any atom is -0.313 e. The van der Waals surface area contributed by atoms with Crippen molar-refractivity contribution in [1.29, 1.82) is 0 Å². The van der Waals surface area contributed by atoms with Crippen molar-refractivity contribution in [3.63, 3.8) is 0 Å². The maximum absolute atomic E-state index is 2.43. The molecule has 0 N–H and O–H groups in total. The number of benzene rings is 10. The predicted octanol–water partition coefficient (Wildman–Crippen LogP) is 18.6. The van der Waals surface area contributed by atoms with E-state index in [-0.39, 0.29) is 0 Å². The highest BCUT2D eigenvalue weighted by Crippen LogP contribution is 2.42. The number of hydrogen-bond donors (Lipinski definition) is 0. The van der Waals surface area contributed by atoms with Crippen LogP contribution in [0.4, 0.5) is 17.1 Å². The number of rotatable bonds is 7. The third-order valence-corrected chi connectivity index (χ3v) is 16.0. The maximum atomic E-state index is 2.43. The smallest absolute Gasteiger partial charge is 0.0612 e. The second-order valence-electron chi connectivity index (χ2n) is 17.4. The Morgan fingerprint density at radius 3 is 1.26 bits per heavy atom. The van der Waals surface area contributed by atoms with Crippen molar-refractivity contribution in [2.75, 3.05) is 4.90 Å². The number of hydrogen-bond acceptors (Lipinski definition) is 3. The molecule has 0 bridgehead atoms. The third-order valence-electron chi connectivity index (χ3n) is 13.7. The minimum atomic E-state index is 1.10. The van der Waals surface area contributed by atoms with Gasteiger partial charge < -0.3 is 9.47 Å². The van der Waals surface area contributed by atoms with Gasteiger partial charge in [0, 0.05) is 79.6 Å². The fourth-order valence-electron chi connectivity index (χ4n) is 10.1. The lowest BCUT2D eigenvalue weighted by Crippen LogP contribution is -2.09. The lowest BCUT2D eigenvalue weighted by molar-refractivity contribution is 1.04. The van der Waals surface area contributed by atoms with Crippen LogP contribution in [-0.4, -0.2) is 4.57 Å². The average molecular weight is 879 g/mol. The molecule has 0 aliphatic rings. The highest BCUT2D eigenvalue weighted by molar-refractivity contribution is 7.26. The monoisotopic (exact) mass is 878 g/mol. The Bertz CT molecular complexity index is 3820. The molecule has 0 aliphatic carbocycles. The van der Waals surface area contributed by atoms with Crippen LogP contribution in [0.5, 0.6) is 0 Å². The van der Waals surface area contributed by atoms with E-state index in [0.29, 0.717) is 0 Å². The van der Waals surface area contributed by atoms with Gasteiger partial charge in [-0.3, -0.25) is 0 Å². The highest BCUT2D eigenvalue weighted by Gasteiger charge is 2.18. The van der Waals surface area contributed by atoms with Gasteiger partial charge in [0.1, 0.15) is 0 Å². The summed E-state index contributed by atoms with van der Waals surface area (Å²) in [4.78, 5) is 2.37. The molecule has 3 heterocycles. The molecule has 0 atom stereocenters. The summed E-state index contributed by atoms with van der Waals surface area (Å²) in [5, 5.41) is 9.12. The molecule has 0 amide bonds. The highest BCUT2D eigenvalue weighted by atomic mass is 32.1. The number of anilines is 3. The molecule has 0 unspecified atom stereocenters.